The monoisotopic (exact) mass is 314 g/mol. The summed E-state index contributed by atoms with van der Waals surface area (Å²) in [5.74, 6) is 0.138. The van der Waals surface area contributed by atoms with E-state index in [2.05, 4.69) is 0 Å². The second-order valence-corrected chi connectivity index (χ2v) is 5.52. The van der Waals surface area contributed by atoms with Gasteiger partial charge in [-0.25, -0.2) is 0 Å². The largest absolute Gasteiger partial charge is 0.508 e. The first-order chi connectivity index (χ1) is 10.4. The molecule has 0 aliphatic carbocycles. The Labute approximate surface area is 128 Å². The van der Waals surface area contributed by atoms with E-state index in [1.165, 1.54) is 0 Å². The van der Waals surface area contributed by atoms with Crippen molar-refractivity contribution in [3.8, 4) is 5.75 Å². The van der Waals surface area contributed by atoms with Gasteiger partial charge in [-0.3, -0.25) is 0 Å². The van der Waals surface area contributed by atoms with Gasteiger partial charge in [-0.15, -0.1) is 0 Å². The van der Waals surface area contributed by atoms with Crippen LogP contribution in [0.2, 0.25) is 0 Å². The minimum absolute atomic E-state index is 0.0343. The number of hydrogen-bond acceptors (Lipinski definition) is 7. The molecule has 6 unspecified atom stereocenters. The summed E-state index contributed by atoms with van der Waals surface area (Å²) in [6.45, 7) is 1.61. The molecule has 7 heteroatoms. The first-order valence-electron chi connectivity index (χ1n) is 7.15. The van der Waals surface area contributed by atoms with Crippen molar-refractivity contribution < 1.29 is 35.0 Å². The van der Waals surface area contributed by atoms with Crippen molar-refractivity contribution in [3.63, 3.8) is 0 Å². The predicted octanol–water partition coefficient (Wildman–Crippen LogP) is -0.688. The van der Waals surface area contributed by atoms with Crippen molar-refractivity contribution in [2.24, 2.45) is 0 Å². The third kappa shape index (κ3) is 3.75. The molecule has 0 spiro atoms. The van der Waals surface area contributed by atoms with E-state index in [1.807, 2.05) is 6.92 Å². The molecule has 1 aromatic carbocycles. The standard InChI is InChI=1S/C15H22O7/c1-8(9-2-4-10(17)5-3-9)7-21-15-14(20)13(19)12(18)11(6-16)22-15/h2-5,8,11-20H,6-7H2,1H3. The SMILES string of the molecule is CC(COC1OC(CO)C(O)C(O)C1O)c1ccc(O)cc1. The number of benzene rings is 1. The van der Waals surface area contributed by atoms with Gasteiger partial charge in [-0.1, -0.05) is 19.1 Å². The Morgan fingerprint density at radius 1 is 1.09 bits per heavy atom. The first kappa shape index (κ1) is 17.1. The van der Waals surface area contributed by atoms with Gasteiger partial charge >= 0.3 is 0 Å². The fourth-order valence-electron chi connectivity index (χ4n) is 2.34. The Kier molecular flexibility index (Phi) is 5.74. The Morgan fingerprint density at radius 2 is 1.73 bits per heavy atom. The summed E-state index contributed by atoms with van der Waals surface area (Å²) in [4.78, 5) is 0. The van der Waals surface area contributed by atoms with Crippen molar-refractivity contribution in [1.29, 1.82) is 0 Å². The zero-order valence-corrected chi connectivity index (χ0v) is 12.2. The Bertz CT molecular complexity index is 461. The first-order valence-corrected chi connectivity index (χ1v) is 7.15. The van der Waals surface area contributed by atoms with Crippen LogP contribution >= 0.6 is 0 Å². The average Bonchev–Trinajstić information content (AvgIpc) is 2.52. The molecule has 1 saturated heterocycles. The maximum absolute atomic E-state index is 9.87. The quantitative estimate of drug-likeness (QED) is 0.488. The Morgan fingerprint density at radius 3 is 2.32 bits per heavy atom. The fraction of sp³-hybridized carbons (Fsp3) is 0.600. The molecule has 6 atom stereocenters. The average molecular weight is 314 g/mol. The van der Waals surface area contributed by atoms with Crippen LogP contribution in [0.25, 0.3) is 0 Å². The molecule has 0 saturated carbocycles. The van der Waals surface area contributed by atoms with Gasteiger partial charge in [0, 0.05) is 5.92 Å². The molecule has 5 N–H and O–H groups in total. The molecule has 1 aromatic rings. The lowest BCUT2D eigenvalue weighted by Crippen LogP contribution is -2.59. The summed E-state index contributed by atoms with van der Waals surface area (Å²) in [6.07, 6.45) is -6.35. The Balaban J connectivity index is 1.93. The third-order valence-corrected chi connectivity index (χ3v) is 3.82. The van der Waals surface area contributed by atoms with Gasteiger partial charge in [-0.05, 0) is 17.7 Å². The number of aliphatic hydroxyl groups is 4. The van der Waals surface area contributed by atoms with E-state index in [0.29, 0.717) is 0 Å². The summed E-state index contributed by atoms with van der Waals surface area (Å²) in [5, 5.41) is 47.6. The summed E-state index contributed by atoms with van der Waals surface area (Å²) >= 11 is 0. The van der Waals surface area contributed by atoms with E-state index in [1.54, 1.807) is 24.3 Å². The van der Waals surface area contributed by atoms with Gasteiger partial charge in [0.1, 0.15) is 30.2 Å². The maximum Gasteiger partial charge on any atom is 0.186 e. The van der Waals surface area contributed by atoms with Crippen molar-refractivity contribution in [2.45, 2.75) is 43.5 Å². The van der Waals surface area contributed by atoms with Crippen molar-refractivity contribution in [1.82, 2.24) is 0 Å². The lowest BCUT2D eigenvalue weighted by atomic mass is 9.99. The van der Waals surface area contributed by atoms with Crippen LogP contribution in [0.4, 0.5) is 0 Å². The topological polar surface area (TPSA) is 120 Å². The molecule has 1 aliphatic rings. The Hall–Kier alpha value is -1.22. The minimum Gasteiger partial charge on any atom is -0.508 e. The molecule has 1 heterocycles. The van der Waals surface area contributed by atoms with Gasteiger partial charge in [0.05, 0.1) is 13.2 Å². The molecule has 0 radical (unpaired) electrons. The van der Waals surface area contributed by atoms with Gasteiger partial charge in [0.25, 0.3) is 0 Å². The van der Waals surface area contributed by atoms with Gasteiger partial charge in [0.15, 0.2) is 6.29 Å². The maximum atomic E-state index is 9.87. The lowest BCUT2D eigenvalue weighted by molar-refractivity contribution is -0.301. The highest BCUT2D eigenvalue weighted by Gasteiger charge is 2.44. The molecular weight excluding hydrogens is 292 g/mol. The molecule has 2 rings (SSSR count). The van der Waals surface area contributed by atoms with Crippen LogP contribution in [0.5, 0.6) is 5.75 Å². The minimum atomic E-state index is -1.44. The van der Waals surface area contributed by atoms with E-state index >= 15 is 0 Å². The highest BCUT2D eigenvalue weighted by molar-refractivity contribution is 5.27. The lowest BCUT2D eigenvalue weighted by Gasteiger charge is -2.39. The number of phenolic OH excluding ortho intramolecular Hbond substituents is 1. The highest BCUT2D eigenvalue weighted by Crippen LogP contribution is 2.24. The predicted molar refractivity (Wildman–Crippen MR) is 76.2 cm³/mol. The number of aliphatic hydroxyl groups excluding tert-OH is 4. The van der Waals surface area contributed by atoms with Crippen LogP contribution in [0, 0.1) is 0 Å². The van der Waals surface area contributed by atoms with Crippen LogP contribution in [-0.2, 0) is 9.47 Å². The second-order valence-electron chi connectivity index (χ2n) is 5.52. The molecule has 0 bridgehead atoms. The zero-order chi connectivity index (χ0) is 16.3. The highest BCUT2D eigenvalue weighted by atomic mass is 16.7. The number of phenols is 1. The third-order valence-electron chi connectivity index (χ3n) is 3.82. The van der Waals surface area contributed by atoms with Crippen LogP contribution in [0.1, 0.15) is 18.4 Å². The van der Waals surface area contributed by atoms with Crippen molar-refractivity contribution in [3.05, 3.63) is 29.8 Å². The summed E-state index contributed by atoms with van der Waals surface area (Å²) < 4.78 is 10.7. The zero-order valence-electron chi connectivity index (χ0n) is 12.2. The van der Waals surface area contributed by atoms with E-state index in [-0.39, 0.29) is 18.3 Å². The number of aromatic hydroxyl groups is 1. The molecule has 1 aliphatic heterocycles. The summed E-state index contributed by atoms with van der Waals surface area (Å²) in [6, 6.07) is 6.66. The van der Waals surface area contributed by atoms with Crippen LogP contribution in [0.3, 0.4) is 0 Å². The molecule has 22 heavy (non-hydrogen) atoms. The molecule has 1 fully saturated rings. The van der Waals surface area contributed by atoms with Gasteiger partial charge in [0.2, 0.25) is 0 Å². The molecule has 7 nitrogen and oxygen atoms in total. The van der Waals surface area contributed by atoms with Crippen LogP contribution < -0.4 is 0 Å². The van der Waals surface area contributed by atoms with Crippen LogP contribution in [-0.4, -0.2) is 69.5 Å². The number of hydrogen-bond donors (Lipinski definition) is 5. The smallest absolute Gasteiger partial charge is 0.186 e. The summed E-state index contributed by atoms with van der Waals surface area (Å²) in [5.41, 5.74) is 0.933. The van der Waals surface area contributed by atoms with E-state index < -0.39 is 37.3 Å². The fourth-order valence-corrected chi connectivity index (χ4v) is 2.34. The van der Waals surface area contributed by atoms with Crippen molar-refractivity contribution in [2.75, 3.05) is 13.2 Å². The van der Waals surface area contributed by atoms with Crippen LogP contribution in [0.15, 0.2) is 24.3 Å². The number of rotatable bonds is 5. The normalized spacial score (nSPS) is 33.6. The van der Waals surface area contributed by atoms with E-state index in [4.69, 9.17) is 14.6 Å². The van der Waals surface area contributed by atoms with E-state index in [0.717, 1.165) is 5.56 Å². The van der Waals surface area contributed by atoms with Crippen molar-refractivity contribution >= 4 is 0 Å². The molecule has 0 aromatic heterocycles. The van der Waals surface area contributed by atoms with E-state index in [9.17, 15) is 20.4 Å². The summed E-state index contributed by atoms with van der Waals surface area (Å²) in [7, 11) is 0. The molecule has 0 amide bonds. The number of ether oxygens (including phenoxy) is 2. The van der Waals surface area contributed by atoms with Gasteiger partial charge < -0.3 is 35.0 Å². The molecule has 124 valence electrons. The second kappa shape index (κ2) is 7.36. The van der Waals surface area contributed by atoms with Gasteiger partial charge in [-0.2, -0.15) is 0 Å². The molecular formula is C15H22O7.